The molecule has 1 fully saturated rings. The van der Waals surface area contributed by atoms with Crippen LogP contribution < -0.4 is 9.47 Å². The highest BCUT2D eigenvalue weighted by Crippen LogP contribution is 2.15. The summed E-state index contributed by atoms with van der Waals surface area (Å²) < 4.78 is 11.2. The van der Waals surface area contributed by atoms with Crippen LogP contribution in [0.1, 0.15) is 18.4 Å². The molecule has 3 rings (SSSR count). The molecule has 6 heteroatoms. The number of hydrogen-bond acceptors (Lipinski definition) is 5. The molecule has 1 atom stereocenters. The molecule has 1 saturated heterocycles. The average molecular weight is 399 g/mol. The van der Waals surface area contributed by atoms with Gasteiger partial charge in [-0.05, 0) is 49.7 Å². The van der Waals surface area contributed by atoms with Gasteiger partial charge in [-0.15, -0.1) is 0 Å². The zero-order valence-electron chi connectivity index (χ0n) is 17.0. The third-order valence-corrected chi connectivity index (χ3v) is 4.90. The first-order valence-corrected chi connectivity index (χ1v) is 10.1. The molecule has 0 aliphatic carbocycles. The Morgan fingerprint density at radius 2 is 1.69 bits per heavy atom. The number of amides is 1. The zero-order chi connectivity index (χ0) is 20.5. The summed E-state index contributed by atoms with van der Waals surface area (Å²) in [5.41, 5.74) is 1.11. The first kappa shape index (κ1) is 21.1. The topological polar surface area (TPSA) is 62.2 Å². The molecule has 1 heterocycles. The Balaban J connectivity index is 1.37. The van der Waals surface area contributed by atoms with E-state index in [1.165, 1.54) is 0 Å². The minimum Gasteiger partial charge on any atom is -0.491 e. The van der Waals surface area contributed by atoms with Crippen LogP contribution >= 0.6 is 0 Å². The summed E-state index contributed by atoms with van der Waals surface area (Å²) in [6.45, 7) is 3.25. The van der Waals surface area contributed by atoms with Crippen molar-refractivity contribution in [1.29, 1.82) is 0 Å². The monoisotopic (exact) mass is 398 g/mol. The third kappa shape index (κ3) is 7.07. The van der Waals surface area contributed by atoms with Gasteiger partial charge in [-0.25, -0.2) is 0 Å². The molecular weight excluding hydrogens is 368 g/mol. The lowest BCUT2D eigenvalue weighted by Gasteiger charge is -2.21. The van der Waals surface area contributed by atoms with Gasteiger partial charge in [0.15, 0.2) is 6.61 Å². The van der Waals surface area contributed by atoms with Gasteiger partial charge >= 0.3 is 0 Å². The molecule has 1 aliphatic rings. The van der Waals surface area contributed by atoms with Crippen molar-refractivity contribution in [2.24, 2.45) is 0 Å². The molecule has 0 bridgehead atoms. The van der Waals surface area contributed by atoms with Crippen LogP contribution in [0, 0.1) is 0 Å². The number of ether oxygens (including phenoxy) is 2. The van der Waals surface area contributed by atoms with Gasteiger partial charge in [0, 0.05) is 26.2 Å². The van der Waals surface area contributed by atoms with Gasteiger partial charge < -0.3 is 19.5 Å². The Kier molecular flexibility index (Phi) is 7.90. The van der Waals surface area contributed by atoms with Crippen LogP contribution in [0.25, 0.3) is 0 Å². The lowest BCUT2D eigenvalue weighted by molar-refractivity contribution is -0.132. The summed E-state index contributed by atoms with van der Waals surface area (Å²) in [5, 5.41) is 10.2. The first-order chi connectivity index (χ1) is 14.1. The van der Waals surface area contributed by atoms with Gasteiger partial charge in [0.25, 0.3) is 5.91 Å². The molecule has 2 aromatic rings. The number of rotatable bonds is 10. The normalized spacial score (nSPS) is 14.8. The van der Waals surface area contributed by atoms with Crippen molar-refractivity contribution in [2.75, 3.05) is 39.9 Å². The van der Waals surface area contributed by atoms with Crippen LogP contribution in [0.2, 0.25) is 0 Å². The number of nitrogens with zero attached hydrogens (tertiary/aromatic N) is 2. The summed E-state index contributed by atoms with van der Waals surface area (Å²) in [4.78, 5) is 15.9. The van der Waals surface area contributed by atoms with E-state index in [2.05, 4.69) is 0 Å². The predicted molar refractivity (Wildman–Crippen MR) is 112 cm³/mol. The van der Waals surface area contributed by atoms with Crippen molar-refractivity contribution >= 4 is 5.91 Å². The van der Waals surface area contributed by atoms with E-state index in [-0.39, 0.29) is 19.1 Å². The van der Waals surface area contributed by atoms with E-state index < -0.39 is 6.10 Å². The van der Waals surface area contributed by atoms with Crippen molar-refractivity contribution in [2.45, 2.75) is 25.5 Å². The highest BCUT2D eigenvalue weighted by Gasteiger charge is 2.18. The molecule has 0 aromatic heterocycles. The number of hydrogen-bond donors (Lipinski definition) is 1. The molecule has 1 N–H and O–H groups in total. The van der Waals surface area contributed by atoms with Crippen molar-refractivity contribution in [3.05, 3.63) is 60.2 Å². The van der Waals surface area contributed by atoms with E-state index in [1.54, 1.807) is 0 Å². The first-order valence-electron chi connectivity index (χ1n) is 10.1. The smallest absolute Gasteiger partial charge is 0.260 e. The Morgan fingerprint density at radius 1 is 1.03 bits per heavy atom. The summed E-state index contributed by atoms with van der Waals surface area (Å²) in [5.74, 6) is 1.51. The Morgan fingerprint density at radius 3 is 2.38 bits per heavy atom. The number of likely N-dealkylation sites (N-methyl/N-ethyl adjacent to an activating group) is 1. The summed E-state index contributed by atoms with van der Waals surface area (Å²) in [7, 11) is 1.96. The van der Waals surface area contributed by atoms with Gasteiger partial charge in [-0.1, -0.05) is 30.3 Å². The fourth-order valence-corrected chi connectivity index (χ4v) is 3.39. The summed E-state index contributed by atoms with van der Waals surface area (Å²) in [6, 6.07) is 17.2. The zero-order valence-corrected chi connectivity index (χ0v) is 17.0. The van der Waals surface area contributed by atoms with Gasteiger partial charge in [0.05, 0.1) is 0 Å². The van der Waals surface area contributed by atoms with Crippen molar-refractivity contribution in [3.8, 4) is 11.5 Å². The lowest BCUT2D eigenvalue weighted by Crippen LogP contribution is -2.32. The van der Waals surface area contributed by atoms with E-state index in [4.69, 9.17) is 9.47 Å². The molecule has 0 saturated carbocycles. The second kappa shape index (κ2) is 10.8. The van der Waals surface area contributed by atoms with Crippen molar-refractivity contribution in [1.82, 2.24) is 9.80 Å². The van der Waals surface area contributed by atoms with Crippen LogP contribution in [0.4, 0.5) is 0 Å². The molecule has 0 spiro atoms. The number of likely N-dealkylation sites (tertiary alicyclic amines) is 1. The maximum atomic E-state index is 12.0. The molecule has 1 amide bonds. The van der Waals surface area contributed by atoms with E-state index in [1.807, 2.05) is 71.4 Å². The number of aliphatic hydroxyl groups excluding tert-OH is 1. The van der Waals surface area contributed by atoms with Gasteiger partial charge in [-0.3, -0.25) is 9.69 Å². The van der Waals surface area contributed by atoms with Crippen LogP contribution in [0.3, 0.4) is 0 Å². The molecule has 156 valence electrons. The largest absolute Gasteiger partial charge is 0.491 e. The van der Waals surface area contributed by atoms with E-state index >= 15 is 0 Å². The minimum atomic E-state index is -0.570. The van der Waals surface area contributed by atoms with Gasteiger partial charge in [0.2, 0.25) is 0 Å². The predicted octanol–water partition coefficient (Wildman–Crippen LogP) is 2.56. The molecular formula is C23H30N2O4. The third-order valence-electron chi connectivity index (χ3n) is 4.90. The maximum absolute atomic E-state index is 12.0. The van der Waals surface area contributed by atoms with Crippen LogP contribution in [-0.4, -0.2) is 66.8 Å². The van der Waals surface area contributed by atoms with Crippen LogP contribution in [-0.2, 0) is 11.3 Å². The molecule has 29 heavy (non-hydrogen) atoms. The number of carbonyl (C=O) groups is 1. The summed E-state index contributed by atoms with van der Waals surface area (Å²) in [6.07, 6.45) is 1.60. The van der Waals surface area contributed by atoms with E-state index in [9.17, 15) is 9.90 Å². The van der Waals surface area contributed by atoms with Crippen molar-refractivity contribution < 1.29 is 19.4 Å². The van der Waals surface area contributed by atoms with E-state index in [0.29, 0.717) is 18.8 Å². The molecule has 0 radical (unpaired) electrons. The minimum absolute atomic E-state index is 0.0537. The SMILES string of the molecule is CN(Cc1ccc(OCC(=O)N2CCCC2)cc1)C[C@@H](O)COc1ccccc1. The average Bonchev–Trinajstić information content (AvgIpc) is 3.27. The van der Waals surface area contributed by atoms with Gasteiger partial charge in [-0.2, -0.15) is 0 Å². The molecule has 0 unspecified atom stereocenters. The second-order valence-corrected chi connectivity index (χ2v) is 7.50. The molecule has 6 nitrogen and oxygen atoms in total. The summed E-state index contributed by atoms with van der Waals surface area (Å²) >= 11 is 0. The Hall–Kier alpha value is -2.57. The number of para-hydroxylation sites is 1. The number of benzene rings is 2. The standard InChI is InChI=1S/C23H30N2O4/c1-24(16-20(26)17-28-21-7-3-2-4-8-21)15-19-9-11-22(12-10-19)29-18-23(27)25-13-5-6-14-25/h2-4,7-12,20,26H,5-6,13-18H2,1H3/t20-/m1/s1. The number of carbonyl (C=O) groups excluding carboxylic acids is 1. The van der Waals surface area contributed by atoms with Crippen molar-refractivity contribution in [3.63, 3.8) is 0 Å². The molecule has 2 aromatic carbocycles. The highest BCUT2D eigenvalue weighted by molar-refractivity contribution is 5.78. The van der Waals surface area contributed by atoms with Crippen LogP contribution in [0.5, 0.6) is 11.5 Å². The van der Waals surface area contributed by atoms with Gasteiger partial charge in [0.1, 0.15) is 24.2 Å². The van der Waals surface area contributed by atoms with E-state index in [0.717, 1.165) is 37.2 Å². The Labute approximate surface area is 172 Å². The number of aliphatic hydroxyl groups is 1. The quantitative estimate of drug-likeness (QED) is 0.667. The Bertz CT molecular complexity index is 745. The van der Waals surface area contributed by atoms with Crippen LogP contribution in [0.15, 0.2) is 54.6 Å². The highest BCUT2D eigenvalue weighted by atomic mass is 16.5. The maximum Gasteiger partial charge on any atom is 0.260 e. The fraction of sp³-hybridized carbons (Fsp3) is 0.435. The second-order valence-electron chi connectivity index (χ2n) is 7.50. The molecule has 1 aliphatic heterocycles. The fourth-order valence-electron chi connectivity index (χ4n) is 3.39. The lowest BCUT2D eigenvalue weighted by atomic mass is 10.2.